The van der Waals surface area contributed by atoms with Crippen molar-refractivity contribution in [2.45, 2.75) is 13.0 Å². The van der Waals surface area contributed by atoms with Crippen LogP contribution in [0.4, 0.5) is 0 Å². The van der Waals surface area contributed by atoms with Crippen LogP contribution in [0.3, 0.4) is 0 Å². The first kappa shape index (κ1) is 14.6. The van der Waals surface area contributed by atoms with E-state index in [1.165, 1.54) is 21.4 Å². The van der Waals surface area contributed by atoms with Crippen LogP contribution in [0.25, 0.3) is 0 Å². The molecule has 0 bridgehead atoms. The fourth-order valence-corrected chi connectivity index (χ4v) is 1.89. The fourth-order valence-electron chi connectivity index (χ4n) is 1.89. The Hall–Kier alpha value is -2.81. The molecule has 0 saturated heterocycles. The van der Waals surface area contributed by atoms with Gasteiger partial charge in [-0.25, -0.2) is 4.79 Å². The zero-order chi connectivity index (χ0) is 15.2. The number of nitrogens with zero attached hydrogens (tertiary/aromatic N) is 3. The molecule has 1 aromatic carbocycles. The highest BCUT2D eigenvalue weighted by Crippen LogP contribution is 2.12. The Morgan fingerprint density at radius 3 is 2.86 bits per heavy atom. The van der Waals surface area contributed by atoms with Crippen LogP contribution in [0.5, 0.6) is 5.75 Å². The number of aryl methyl sites for hydroxylation is 1. The third-order valence-electron chi connectivity index (χ3n) is 3.00. The molecular weight excluding hydrogens is 270 g/mol. The van der Waals surface area contributed by atoms with Gasteiger partial charge in [0.05, 0.1) is 18.2 Å². The van der Waals surface area contributed by atoms with Crippen LogP contribution in [0, 0.1) is 11.3 Å². The first-order valence-electron chi connectivity index (χ1n) is 6.51. The van der Waals surface area contributed by atoms with Crippen LogP contribution in [0.2, 0.25) is 0 Å². The van der Waals surface area contributed by atoms with Gasteiger partial charge in [0.25, 0.3) is 5.56 Å². The maximum atomic E-state index is 11.8. The van der Waals surface area contributed by atoms with Crippen molar-refractivity contribution >= 4 is 0 Å². The van der Waals surface area contributed by atoms with Crippen molar-refractivity contribution in [3.05, 3.63) is 62.9 Å². The maximum absolute atomic E-state index is 11.8. The molecular formula is C15H15N3O3. The summed E-state index contributed by atoms with van der Waals surface area (Å²) in [6.45, 7) is 0.656. The van der Waals surface area contributed by atoms with Crippen LogP contribution in [0.1, 0.15) is 12.0 Å². The molecule has 108 valence electrons. The molecule has 6 heteroatoms. The predicted molar refractivity (Wildman–Crippen MR) is 77.2 cm³/mol. The quantitative estimate of drug-likeness (QED) is 0.764. The van der Waals surface area contributed by atoms with Gasteiger partial charge in [0.2, 0.25) is 0 Å². The molecule has 2 rings (SSSR count). The zero-order valence-corrected chi connectivity index (χ0v) is 11.7. The van der Waals surface area contributed by atoms with Crippen molar-refractivity contribution in [3.8, 4) is 11.8 Å². The number of hydrogen-bond acceptors (Lipinski definition) is 4. The van der Waals surface area contributed by atoms with E-state index < -0.39 is 0 Å². The van der Waals surface area contributed by atoms with E-state index in [1.54, 1.807) is 31.3 Å². The summed E-state index contributed by atoms with van der Waals surface area (Å²) >= 11 is 0. The lowest BCUT2D eigenvalue weighted by Crippen LogP contribution is -2.38. The third-order valence-corrected chi connectivity index (χ3v) is 3.00. The monoisotopic (exact) mass is 285 g/mol. The van der Waals surface area contributed by atoms with Crippen molar-refractivity contribution in [1.82, 2.24) is 9.13 Å². The van der Waals surface area contributed by atoms with Crippen molar-refractivity contribution in [3.63, 3.8) is 0 Å². The topological polar surface area (TPSA) is 77.0 Å². The van der Waals surface area contributed by atoms with Gasteiger partial charge >= 0.3 is 5.69 Å². The lowest BCUT2D eigenvalue weighted by Gasteiger charge is -2.08. The molecule has 1 heterocycles. The second-order valence-electron chi connectivity index (χ2n) is 4.54. The lowest BCUT2D eigenvalue weighted by atomic mass is 10.2. The van der Waals surface area contributed by atoms with Crippen molar-refractivity contribution in [1.29, 1.82) is 5.26 Å². The number of aromatic nitrogens is 2. The third kappa shape index (κ3) is 3.60. The molecule has 0 amide bonds. The van der Waals surface area contributed by atoms with Crippen LogP contribution in [-0.2, 0) is 13.6 Å². The van der Waals surface area contributed by atoms with E-state index in [9.17, 15) is 9.59 Å². The van der Waals surface area contributed by atoms with E-state index in [0.717, 1.165) is 0 Å². The summed E-state index contributed by atoms with van der Waals surface area (Å²) in [6, 6.07) is 10.2. The normalized spacial score (nSPS) is 10.1. The molecule has 0 spiro atoms. The fraction of sp³-hybridized carbons (Fsp3) is 0.267. The Balaban J connectivity index is 1.94. The van der Waals surface area contributed by atoms with E-state index in [2.05, 4.69) is 0 Å². The minimum Gasteiger partial charge on any atom is -0.493 e. The van der Waals surface area contributed by atoms with Gasteiger partial charge in [-0.1, -0.05) is 6.07 Å². The van der Waals surface area contributed by atoms with Crippen LogP contribution in [-0.4, -0.2) is 15.7 Å². The first-order chi connectivity index (χ1) is 10.1. The number of ether oxygens (including phenoxy) is 1. The van der Waals surface area contributed by atoms with Gasteiger partial charge in [-0.3, -0.25) is 9.36 Å². The van der Waals surface area contributed by atoms with Gasteiger partial charge in [0.15, 0.2) is 0 Å². The van der Waals surface area contributed by atoms with Gasteiger partial charge in [-0.2, -0.15) is 5.26 Å². The van der Waals surface area contributed by atoms with Gasteiger partial charge in [-0.15, -0.1) is 0 Å². The SMILES string of the molecule is Cn1ccc(=O)n(CCCOc2cccc(C#N)c2)c1=O. The van der Waals surface area contributed by atoms with E-state index in [-0.39, 0.29) is 11.2 Å². The second-order valence-corrected chi connectivity index (χ2v) is 4.54. The van der Waals surface area contributed by atoms with E-state index in [4.69, 9.17) is 10.00 Å². The van der Waals surface area contributed by atoms with Crippen LogP contribution in [0.15, 0.2) is 46.1 Å². The Bertz CT molecular complexity index is 784. The maximum Gasteiger partial charge on any atom is 0.330 e. The number of hydrogen-bond donors (Lipinski definition) is 0. The Morgan fingerprint density at radius 2 is 2.10 bits per heavy atom. The lowest BCUT2D eigenvalue weighted by molar-refractivity contribution is 0.299. The molecule has 21 heavy (non-hydrogen) atoms. The van der Waals surface area contributed by atoms with Gasteiger partial charge < -0.3 is 9.30 Å². The van der Waals surface area contributed by atoms with E-state index in [1.807, 2.05) is 6.07 Å². The second kappa shape index (κ2) is 6.57. The average molecular weight is 285 g/mol. The van der Waals surface area contributed by atoms with Gasteiger partial charge in [-0.05, 0) is 24.6 Å². The van der Waals surface area contributed by atoms with Crippen molar-refractivity contribution in [2.24, 2.45) is 7.05 Å². The molecule has 0 unspecified atom stereocenters. The predicted octanol–water partition coefficient (Wildman–Crippen LogP) is 0.888. The molecule has 0 aliphatic carbocycles. The molecule has 0 N–H and O–H groups in total. The molecule has 2 aromatic rings. The van der Waals surface area contributed by atoms with Crippen molar-refractivity contribution in [2.75, 3.05) is 6.61 Å². The molecule has 0 aliphatic heterocycles. The number of nitriles is 1. The average Bonchev–Trinajstić information content (AvgIpc) is 2.50. The van der Waals surface area contributed by atoms with Crippen LogP contribution >= 0.6 is 0 Å². The minimum absolute atomic E-state index is 0.296. The summed E-state index contributed by atoms with van der Waals surface area (Å²) < 4.78 is 8.04. The number of rotatable bonds is 5. The minimum atomic E-state index is -0.339. The summed E-state index contributed by atoms with van der Waals surface area (Å²) in [5, 5.41) is 8.79. The van der Waals surface area contributed by atoms with Gasteiger partial charge in [0, 0.05) is 25.9 Å². The summed E-state index contributed by atoms with van der Waals surface area (Å²) in [5.74, 6) is 0.599. The summed E-state index contributed by atoms with van der Waals surface area (Å²) in [5.41, 5.74) is -0.126. The Labute approximate surface area is 121 Å². The molecule has 1 aromatic heterocycles. The molecule has 0 saturated carbocycles. The van der Waals surface area contributed by atoms with Crippen LogP contribution < -0.4 is 16.0 Å². The summed E-state index contributed by atoms with van der Waals surface area (Å²) in [6.07, 6.45) is 1.97. The highest BCUT2D eigenvalue weighted by Gasteiger charge is 2.03. The Morgan fingerprint density at radius 1 is 1.29 bits per heavy atom. The molecule has 6 nitrogen and oxygen atoms in total. The molecule has 0 fully saturated rings. The largest absolute Gasteiger partial charge is 0.493 e. The Kier molecular flexibility index (Phi) is 4.57. The molecule has 0 radical (unpaired) electrons. The van der Waals surface area contributed by atoms with E-state index in [0.29, 0.717) is 30.9 Å². The molecule has 0 aliphatic rings. The summed E-state index contributed by atoms with van der Waals surface area (Å²) in [7, 11) is 1.60. The summed E-state index contributed by atoms with van der Waals surface area (Å²) in [4.78, 5) is 23.4. The number of benzene rings is 1. The molecule has 0 atom stereocenters. The smallest absolute Gasteiger partial charge is 0.330 e. The van der Waals surface area contributed by atoms with Gasteiger partial charge in [0.1, 0.15) is 5.75 Å². The highest BCUT2D eigenvalue weighted by molar-refractivity contribution is 5.36. The van der Waals surface area contributed by atoms with E-state index >= 15 is 0 Å². The highest BCUT2D eigenvalue weighted by atomic mass is 16.5. The van der Waals surface area contributed by atoms with Crippen molar-refractivity contribution < 1.29 is 4.74 Å². The first-order valence-corrected chi connectivity index (χ1v) is 6.51. The standard InChI is InChI=1S/C15H15N3O3/c1-17-8-6-14(19)18(15(17)20)7-3-9-21-13-5-2-4-12(10-13)11-16/h2,4-6,8,10H,3,7,9H2,1H3. The zero-order valence-electron chi connectivity index (χ0n) is 11.7.